The lowest BCUT2D eigenvalue weighted by atomic mass is 9.63. The van der Waals surface area contributed by atoms with E-state index in [1.807, 2.05) is 12.1 Å². The van der Waals surface area contributed by atoms with E-state index in [-0.39, 0.29) is 0 Å². The van der Waals surface area contributed by atoms with E-state index in [1.54, 1.807) is 13.2 Å². The van der Waals surface area contributed by atoms with Gasteiger partial charge in [-0.3, -0.25) is 4.79 Å². The van der Waals surface area contributed by atoms with Crippen molar-refractivity contribution < 1.29 is 14.6 Å². The zero-order valence-corrected chi connectivity index (χ0v) is 10.5. The number of carbonyl (C=O) groups is 1. The number of hydrogen-bond acceptors (Lipinski definition) is 2. The molecule has 0 atom stereocenters. The van der Waals surface area contributed by atoms with Gasteiger partial charge in [0.2, 0.25) is 0 Å². The molecule has 0 saturated heterocycles. The van der Waals surface area contributed by atoms with E-state index >= 15 is 0 Å². The Balaban J connectivity index is 2.52. The van der Waals surface area contributed by atoms with Crippen LogP contribution in [0.1, 0.15) is 30.4 Å². The van der Waals surface area contributed by atoms with Gasteiger partial charge in [0.05, 0.1) is 12.0 Å². The molecule has 4 heteroatoms. The van der Waals surface area contributed by atoms with Crippen molar-refractivity contribution in [3.63, 3.8) is 0 Å². The maximum Gasteiger partial charge on any atom is 0.314 e. The second-order valence-corrected chi connectivity index (χ2v) is 4.85. The molecule has 0 radical (unpaired) electrons. The van der Waals surface area contributed by atoms with Gasteiger partial charge < -0.3 is 9.84 Å². The largest absolute Gasteiger partial charge is 0.481 e. The summed E-state index contributed by atoms with van der Waals surface area (Å²) in [5.41, 5.74) is 0.816. The van der Waals surface area contributed by atoms with Crippen molar-refractivity contribution in [2.24, 2.45) is 0 Å². The van der Waals surface area contributed by atoms with E-state index in [2.05, 4.69) is 0 Å². The van der Waals surface area contributed by atoms with Crippen LogP contribution in [0, 0.1) is 0 Å². The Hall–Kier alpha value is -1.06. The minimum absolute atomic E-state index is 0.394. The SMILES string of the molecule is COCc1cccc(Cl)c1C1(C(=O)O)CCC1. The Kier molecular flexibility index (Phi) is 3.40. The van der Waals surface area contributed by atoms with Crippen LogP contribution in [0.5, 0.6) is 0 Å². The molecule has 1 saturated carbocycles. The minimum atomic E-state index is -0.799. The third kappa shape index (κ3) is 1.94. The lowest BCUT2D eigenvalue weighted by molar-refractivity contribution is -0.147. The van der Waals surface area contributed by atoms with E-state index in [4.69, 9.17) is 16.3 Å². The molecular formula is C13H15ClO3. The van der Waals surface area contributed by atoms with E-state index in [0.29, 0.717) is 24.5 Å². The van der Waals surface area contributed by atoms with Gasteiger partial charge in [0.25, 0.3) is 0 Å². The average Bonchev–Trinajstić information content (AvgIpc) is 2.20. The highest BCUT2D eigenvalue weighted by atomic mass is 35.5. The number of ether oxygens (including phenoxy) is 1. The van der Waals surface area contributed by atoms with Crippen LogP contribution in [0.2, 0.25) is 5.02 Å². The fourth-order valence-corrected chi connectivity index (χ4v) is 2.86. The van der Waals surface area contributed by atoms with Crippen LogP contribution in [0.25, 0.3) is 0 Å². The van der Waals surface area contributed by atoms with Crippen molar-refractivity contribution in [1.29, 1.82) is 0 Å². The summed E-state index contributed by atoms with van der Waals surface area (Å²) in [6.45, 7) is 0.394. The second kappa shape index (κ2) is 4.67. The fourth-order valence-electron chi connectivity index (χ4n) is 2.48. The average molecular weight is 255 g/mol. The van der Waals surface area contributed by atoms with E-state index < -0.39 is 11.4 Å². The summed E-state index contributed by atoms with van der Waals surface area (Å²) in [5, 5.41) is 9.98. The zero-order chi connectivity index (χ0) is 12.5. The first-order valence-corrected chi connectivity index (χ1v) is 6.00. The molecule has 1 fully saturated rings. The molecule has 0 spiro atoms. The number of carboxylic acid groups (broad SMARTS) is 1. The topological polar surface area (TPSA) is 46.5 Å². The molecule has 1 aromatic rings. The van der Waals surface area contributed by atoms with Crippen LogP contribution in [-0.2, 0) is 21.6 Å². The summed E-state index contributed by atoms with van der Waals surface area (Å²) in [5.74, 6) is -0.783. The summed E-state index contributed by atoms with van der Waals surface area (Å²) in [6, 6.07) is 5.46. The fraction of sp³-hybridized carbons (Fsp3) is 0.462. The Bertz CT molecular complexity index is 438. The number of carboxylic acids is 1. The Morgan fingerprint density at radius 2 is 2.24 bits per heavy atom. The highest BCUT2D eigenvalue weighted by molar-refractivity contribution is 6.31. The maximum atomic E-state index is 11.5. The van der Waals surface area contributed by atoms with Gasteiger partial charge in [-0.25, -0.2) is 0 Å². The molecule has 0 bridgehead atoms. The van der Waals surface area contributed by atoms with Crippen LogP contribution < -0.4 is 0 Å². The summed E-state index contributed by atoms with van der Waals surface area (Å²) in [4.78, 5) is 11.5. The Morgan fingerprint density at radius 1 is 1.53 bits per heavy atom. The first-order chi connectivity index (χ1) is 8.12. The lowest BCUT2D eigenvalue weighted by Gasteiger charge is -2.39. The first-order valence-electron chi connectivity index (χ1n) is 5.62. The van der Waals surface area contributed by atoms with E-state index in [1.165, 1.54) is 0 Å². The van der Waals surface area contributed by atoms with E-state index in [9.17, 15) is 9.90 Å². The number of benzene rings is 1. The van der Waals surface area contributed by atoms with Gasteiger partial charge in [0.15, 0.2) is 0 Å². The number of rotatable bonds is 4. The maximum absolute atomic E-state index is 11.5. The molecule has 0 aliphatic heterocycles. The quantitative estimate of drug-likeness (QED) is 0.899. The van der Waals surface area contributed by atoms with Crippen LogP contribution in [0.15, 0.2) is 18.2 Å². The van der Waals surface area contributed by atoms with Gasteiger partial charge in [-0.1, -0.05) is 30.2 Å². The van der Waals surface area contributed by atoms with Gasteiger partial charge >= 0.3 is 5.97 Å². The molecule has 0 unspecified atom stereocenters. The molecule has 2 rings (SSSR count). The lowest BCUT2D eigenvalue weighted by Crippen LogP contribution is -2.43. The van der Waals surface area contributed by atoms with Gasteiger partial charge in [-0.05, 0) is 30.0 Å². The third-order valence-corrected chi connectivity index (χ3v) is 3.81. The molecule has 1 aliphatic carbocycles. The smallest absolute Gasteiger partial charge is 0.314 e. The summed E-state index contributed by atoms with van der Waals surface area (Å²) < 4.78 is 5.12. The first kappa shape index (κ1) is 12.4. The molecule has 0 aromatic heterocycles. The number of aliphatic carboxylic acids is 1. The second-order valence-electron chi connectivity index (χ2n) is 4.45. The van der Waals surface area contributed by atoms with Crippen molar-refractivity contribution >= 4 is 17.6 Å². The van der Waals surface area contributed by atoms with Gasteiger partial charge in [-0.15, -0.1) is 0 Å². The molecule has 1 N–H and O–H groups in total. The van der Waals surface area contributed by atoms with Crippen molar-refractivity contribution in [1.82, 2.24) is 0 Å². The molecule has 3 nitrogen and oxygen atoms in total. The molecular weight excluding hydrogens is 240 g/mol. The standard InChI is InChI=1S/C13H15ClO3/c1-17-8-9-4-2-5-10(14)11(9)13(12(15)16)6-3-7-13/h2,4-5H,3,6-8H2,1H3,(H,15,16). The molecule has 1 aliphatic rings. The van der Waals surface area contributed by atoms with Crippen molar-refractivity contribution in [2.75, 3.05) is 7.11 Å². The predicted octanol–water partition coefficient (Wildman–Crippen LogP) is 2.99. The van der Waals surface area contributed by atoms with Crippen molar-refractivity contribution in [3.05, 3.63) is 34.3 Å². The Labute approximate surface area is 105 Å². The molecule has 1 aromatic carbocycles. The number of hydrogen-bond donors (Lipinski definition) is 1. The number of halogens is 1. The minimum Gasteiger partial charge on any atom is -0.481 e. The molecule has 0 heterocycles. The molecule has 92 valence electrons. The predicted molar refractivity (Wildman–Crippen MR) is 65.3 cm³/mol. The van der Waals surface area contributed by atoms with Gasteiger partial charge in [-0.2, -0.15) is 0 Å². The zero-order valence-electron chi connectivity index (χ0n) is 9.70. The van der Waals surface area contributed by atoms with Crippen molar-refractivity contribution in [3.8, 4) is 0 Å². The highest BCUT2D eigenvalue weighted by Gasteiger charge is 2.48. The third-order valence-electron chi connectivity index (χ3n) is 3.49. The van der Waals surface area contributed by atoms with Crippen LogP contribution in [0.4, 0.5) is 0 Å². The molecule has 17 heavy (non-hydrogen) atoms. The normalized spacial score (nSPS) is 17.5. The monoisotopic (exact) mass is 254 g/mol. The van der Waals surface area contributed by atoms with E-state index in [0.717, 1.165) is 17.5 Å². The van der Waals surface area contributed by atoms with Crippen LogP contribution in [-0.4, -0.2) is 18.2 Å². The Morgan fingerprint density at radius 3 is 2.71 bits per heavy atom. The van der Waals surface area contributed by atoms with Crippen LogP contribution in [0.3, 0.4) is 0 Å². The van der Waals surface area contributed by atoms with Crippen molar-refractivity contribution in [2.45, 2.75) is 31.3 Å². The summed E-state index contributed by atoms with van der Waals surface area (Å²) in [7, 11) is 1.60. The molecule has 0 amide bonds. The van der Waals surface area contributed by atoms with Gasteiger partial charge in [0, 0.05) is 12.1 Å². The van der Waals surface area contributed by atoms with Gasteiger partial charge in [0.1, 0.15) is 0 Å². The summed E-state index contributed by atoms with van der Waals surface area (Å²) >= 11 is 6.19. The summed E-state index contributed by atoms with van der Waals surface area (Å²) in [6.07, 6.45) is 2.25. The highest BCUT2D eigenvalue weighted by Crippen LogP contribution is 2.48. The van der Waals surface area contributed by atoms with Crippen LogP contribution >= 0.6 is 11.6 Å². The number of methoxy groups -OCH3 is 1.